The van der Waals surface area contributed by atoms with Crippen LogP contribution >= 0.6 is 27.3 Å². The number of hydrogen-bond acceptors (Lipinski definition) is 6. The number of carbonyl (C=O) groups is 2. The highest BCUT2D eigenvalue weighted by Gasteiger charge is 2.21. The van der Waals surface area contributed by atoms with Gasteiger partial charge in [0.15, 0.2) is 0 Å². The summed E-state index contributed by atoms with van der Waals surface area (Å²) in [7, 11) is 0. The lowest BCUT2D eigenvalue weighted by Crippen LogP contribution is -2.37. The SMILES string of the molecule is NCC1CCCN(Cc2ccc(C(=O)Nc3sc4cc(O)c(Br)cc4c3C(N)=O)cc2)C1. The number of nitrogens with zero attached hydrogens (tertiary/aromatic N) is 1. The number of carbonyl (C=O) groups excluding carboxylic acids is 2. The zero-order chi connectivity index (χ0) is 22.8. The second-order valence-electron chi connectivity index (χ2n) is 8.10. The number of thiophene rings is 1. The lowest BCUT2D eigenvalue weighted by Gasteiger charge is -2.32. The number of aromatic hydroxyl groups is 1. The summed E-state index contributed by atoms with van der Waals surface area (Å²) in [6.07, 6.45) is 2.35. The number of rotatable bonds is 6. The van der Waals surface area contributed by atoms with Gasteiger partial charge < -0.3 is 21.9 Å². The Labute approximate surface area is 198 Å². The van der Waals surface area contributed by atoms with Gasteiger partial charge in [-0.25, -0.2) is 0 Å². The van der Waals surface area contributed by atoms with Gasteiger partial charge in [0.25, 0.3) is 11.8 Å². The molecule has 1 unspecified atom stereocenters. The molecule has 168 valence electrons. The largest absolute Gasteiger partial charge is 0.507 e. The minimum Gasteiger partial charge on any atom is -0.507 e. The third kappa shape index (κ3) is 4.80. The number of phenols is 1. The van der Waals surface area contributed by atoms with Crippen molar-refractivity contribution in [2.75, 3.05) is 25.0 Å². The van der Waals surface area contributed by atoms with Crippen molar-refractivity contribution in [1.29, 1.82) is 0 Å². The van der Waals surface area contributed by atoms with Gasteiger partial charge in [0.2, 0.25) is 0 Å². The zero-order valence-electron chi connectivity index (χ0n) is 17.4. The second kappa shape index (κ2) is 9.58. The molecule has 4 rings (SSSR count). The van der Waals surface area contributed by atoms with Gasteiger partial charge >= 0.3 is 0 Å². The molecule has 9 heteroatoms. The van der Waals surface area contributed by atoms with Crippen LogP contribution < -0.4 is 16.8 Å². The molecular weight excluding hydrogens is 492 g/mol. The Kier molecular flexibility index (Phi) is 6.80. The van der Waals surface area contributed by atoms with Crippen molar-refractivity contribution in [3.05, 3.63) is 57.6 Å². The summed E-state index contributed by atoms with van der Waals surface area (Å²) in [6, 6.07) is 10.6. The minimum atomic E-state index is -0.642. The molecule has 2 heterocycles. The molecule has 3 aromatic rings. The number of benzene rings is 2. The van der Waals surface area contributed by atoms with E-state index in [4.69, 9.17) is 11.5 Å². The van der Waals surface area contributed by atoms with E-state index in [1.54, 1.807) is 18.2 Å². The number of hydrogen-bond donors (Lipinski definition) is 4. The van der Waals surface area contributed by atoms with E-state index in [1.165, 1.54) is 23.8 Å². The molecule has 0 aliphatic carbocycles. The van der Waals surface area contributed by atoms with Gasteiger partial charge in [0, 0.05) is 28.7 Å². The number of primary amides is 1. The first-order valence-corrected chi connectivity index (χ1v) is 12.0. The van der Waals surface area contributed by atoms with E-state index >= 15 is 0 Å². The number of phenolic OH excluding ortho intramolecular Hbond substituents is 1. The van der Waals surface area contributed by atoms with Crippen LogP contribution in [0.4, 0.5) is 5.00 Å². The third-order valence-electron chi connectivity index (χ3n) is 5.79. The van der Waals surface area contributed by atoms with Gasteiger partial charge in [-0.15, -0.1) is 11.3 Å². The highest BCUT2D eigenvalue weighted by Crippen LogP contribution is 2.40. The summed E-state index contributed by atoms with van der Waals surface area (Å²) < 4.78 is 1.10. The Hall–Kier alpha value is -2.46. The first-order valence-electron chi connectivity index (χ1n) is 10.4. The molecule has 1 atom stereocenters. The van der Waals surface area contributed by atoms with Crippen molar-refractivity contribution >= 4 is 54.2 Å². The Bertz CT molecular complexity index is 1160. The molecule has 0 radical (unpaired) electrons. The number of amides is 2. The molecule has 2 aromatic carbocycles. The summed E-state index contributed by atoms with van der Waals surface area (Å²) >= 11 is 4.45. The normalized spacial score (nSPS) is 16.9. The molecular formula is C23H25BrN4O3S. The quantitative estimate of drug-likeness (QED) is 0.395. The van der Waals surface area contributed by atoms with Crippen LogP contribution in [-0.2, 0) is 6.54 Å². The van der Waals surface area contributed by atoms with E-state index in [2.05, 4.69) is 26.1 Å². The fraction of sp³-hybridized carbons (Fsp3) is 0.304. The van der Waals surface area contributed by atoms with Crippen molar-refractivity contribution in [1.82, 2.24) is 4.90 Å². The molecule has 1 saturated heterocycles. The molecule has 0 saturated carbocycles. The number of halogens is 1. The number of fused-ring (bicyclic) bond motifs is 1. The Morgan fingerprint density at radius 1 is 1.25 bits per heavy atom. The number of anilines is 1. The lowest BCUT2D eigenvalue weighted by atomic mass is 9.98. The molecule has 1 fully saturated rings. The molecule has 0 bridgehead atoms. The smallest absolute Gasteiger partial charge is 0.256 e. The van der Waals surface area contributed by atoms with Crippen molar-refractivity contribution in [3.8, 4) is 5.75 Å². The maximum atomic E-state index is 12.8. The van der Waals surface area contributed by atoms with E-state index in [9.17, 15) is 14.7 Å². The summed E-state index contributed by atoms with van der Waals surface area (Å²) in [5.74, 6) is -0.362. The van der Waals surface area contributed by atoms with Crippen LogP contribution in [0.25, 0.3) is 10.1 Å². The van der Waals surface area contributed by atoms with Gasteiger partial charge in [-0.3, -0.25) is 14.5 Å². The number of nitrogens with one attached hydrogen (secondary N) is 1. The Morgan fingerprint density at radius 2 is 2.00 bits per heavy atom. The van der Waals surface area contributed by atoms with E-state index in [1.807, 2.05) is 12.1 Å². The summed E-state index contributed by atoms with van der Waals surface area (Å²) in [4.78, 5) is 27.3. The first kappa shape index (κ1) is 22.7. The first-order chi connectivity index (χ1) is 15.4. The molecule has 0 spiro atoms. The van der Waals surface area contributed by atoms with Crippen molar-refractivity contribution in [2.24, 2.45) is 17.4 Å². The van der Waals surface area contributed by atoms with Gasteiger partial charge in [0.1, 0.15) is 10.8 Å². The van der Waals surface area contributed by atoms with Crippen molar-refractivity contribution in [2.45, 2.75) is 19.4 Å². The minimum absolute atomic E-state index is 0.0507. The molecule has 1 aliphatic rings. The fourth-order valence-corrected chi connectivity index (χ4v) is 5.58. The number of likely N-dealkylation sites (tertiary alicyclic amines) is 1. The van der Waals surface area contributed by atoms with E-state index in [-0.39, 0.29) is 17.2 Å². The highest BCUT2D eigenvalue weighted by atomic mass is 79.9. The predicted octanol–water partition coefficient (Wildman–Crippen LogP) is 3.89. The lowest BCUT2D eigenvalue weighted by molar-refractivity contribution is 0.100. The van der Waals surface area contributed by atoms with E-state index in [0.717, 1.165) is 38.2 Å². The summed E-state index contributed by atoms with van der Waals surface area (Å²) in [5, 5.41) is 13.7. The Morgan fingerprint density at radius 3 is 2.69 bits per heavy atom. The average molecular weight is 517 g/mol. The van der Waals surface area contributed by atoms with Gasteiger partial charge in [-0.1, -0.05) is 12.1 Å². The number of nitrogens with two attached hydrogens (primary N) is 2. The zero-order valence-corrected chi connectivity index (χ0v) is 19.8. The van der Waals surface area contributed by atoms with Gasteiger partial charge in [-0.2, -0.15) is 0 Å². The predicted molar refractivity (Wildman–Crippen MR) is 131 cm³/mol. The number of piperidine rings is 1. The van der Waals surface area contributed by atoms with Crippen LogP contribution in [0.2, 0.25) is 0 Å². The van der Waals surface area contributed by atoms with Gasteiger partial charge in [-0.05, 0) is 77.6 Å². The van der Waals surface area contributed by atoms with Crippen LogP contribution in [0.15, 0.2) is 40.9 Å². The second-order valence-corrected chi connectivity index (χ2v) is 10.0. The van der Waals surface area contributed by atoms with Crippen LogP contribution in [0, 0.1) is 5.92 Å². The van der Waals surface area contributed by atoms with Crippen LogP contribution in [0.1, 0.15) is 39.1 Å². The fourth-order valence-electron chi connectivity index (χ4n) is 4.12. The molecule has 6 N–H and O–H groups in total. The molecule has 1 aliphatic heterocycles. The molecule has 32 heavy (non-hydrogen) atoms. The highest BCUT2D eigenvalue weighted by molar-refractivity contribution is 9.10. The maximum absolute atomic E-state index is 12.8. The van der Waals surface area contributed by atoms with Crippen LogP contribution in [0.5, 0.6) is 5.75 Å². The summed E-state index contributed by atoms with van der Waals surface area (Å²) in [6.45, 7) is 3.62. The van der Waals surface area contributed by atoms with Crippen molar-refractivity contribution < 1.29 is 14.7 Å². The average Bonchev–Trinajstić information content (AvgIpc) is 3.11. The Balaban J connectivity index is 1.50. The van der Waals surface area contributed by atoms with E-state index in [0.29, 0.717) is 31.0 Å². The molecule has 2 amide bonds. The monoisotopic (exact) mass is 516 g/mol. The topological polar surface area (TPSA) is 122 Å². The van der Waals surface area contributed by atoms with E-state index < -0.39 is 5.91 Å². The summed E-state index contributed by atoms with van der Waals surface area (Å²) in [5.41, 5.74) is 13.3. The molecule has 7 nitrogen and oxygen atoms in total. The van der Waals surface area contributed by atoms with Crippen LogP contribution in [-0.4, -0.2) is 41.5 Å². The standard InChI is InChI=1S/C23H25BrN4O3S/c24-17-8-16-19(9-18(17)29)32-23(20(16)21(26)30)27-22(31)15-5-3-13(4-6-15)11-28-7-1-2-14(10-25)12-28/h3-6,8-9,14,29H,1-2,7,10-12,25H2,(H2,26,30)(H,27,31). The van der Waals surface area contributed by atoms with Crippen molar-refractivity contribution in [3.63, 3.8) is 0 Å². The van der Waals surface area contributed by atoms with Crippen LogP contribution in [0.3, 0.4) is 0 Å². The third-order valence-corrected chi connectivity index (χ3v) is 7.49. The molecule has 1 aromatic heterocycles. The van der Waals surface area contributed by atoms with Gasteiger partial charge in [0.05, 0.1) is 10.0 Å². The maximum Gasteiger partial charge on any atom is 0.256 e.